The van der Waals surface area contributed by atoms with E-state index < -0.39 is 24.6 Å². The summed E-state index contributed by atoms with van der Waals surface area (Å²) in [6.45, 7) is -0.574. The minimum atomic E-state index is -1.21. The average molecular weight is 408 g/mol. The van der Waals surface area contributed by atoms with E-state index in [4.69, 9.17) is 9.84 Å². The Labute approximate surface area is 173 Å². The summed E-state index contributed by atoms with van der Waals surface area (Å²) in [6, 6.07) is 16.0. The molecule has 1 aliphatic carbocycles. The second kappa shape index (κ2) is 9.58. The molecule has 2 aromatic rings. The van der Waals surface area contributed by atoms with Gasteiger partial charge in [-0.2, -0.15) is 0 Å². The van der Waals surface area contributed by atoms with Gasteiger partial charge in [0.2, 0.25) is 0 Å². The number of amides is 2. The predicted octanol–water partition coefficient (Wildman–Crippen LogP) is 2.00. The van der Waals surface area contributed by atoms with Gasteiger partial charge < -0.3 is 15.2 Å². The Balaban J connectivity index is 1.49. The Hall–Kier alpha value is -3.83. The molecule has 2 aromatic carbocycles. The Morgan fingerprint density at radius 2 is 1.67 bits per heavy atom. The van der Waals surface area contributed by atoms with Crippen LogP contribution in [0.15, 0.2) is 48.5 Å². The molecule has 154 valence electrons. The van der Waals surface area contributed by atoms with E-state index in [0.717, 1.165) is 22.3 Å². The first kappa shape index (κ1) is 20.9. The van der Waals surface area contributed by atoms with Crippen LogP contribution >= 0.6 is 0 Å². The van der Waals surface area contributed by atoms with Crippen molar-refractivity contribution in [2.75, 3.05) is 26.8 Å². The van der Waals surface area contributed by atoms with E-state index in [2.05, 4.69) is 34.1 Å². The van der Waals surface area contributed by atoms with E-state index in [1.807, 2.05) is 36.4 Å². The van der Waals surface area contributed by atoms with Crippen molar-refractivity contribution in [3.05, 3.63) is 59.7 Å². The first-order valence-electron chi connectivity index (χ1n) is 9.17. The molecule has 0 saturated heterocycles. The number of hydroxylamine groups is 2. The molecule has 0 unspecified atom stereocenters. The highest BCUT2D eigenvalue weighted by atomic mass is 16.7. The molecule has 0 aromatic heterocycles. The van der Waals surface area contributed by atoms with Gasteiger partial charge >= 0.3 is 18.0 Å². The van der Waals surface area contributed by atoms with Crippen LogP contribution in [0.3, 0.4) is 0 Å². The molecule has 0 spiro atoms. The number of nitrogens with zero attached hydrogens (tertiary/aromatic N) is 1. The van der Waals surface area contributed by atoms with E-state index in [-0.39, 0.29) is 19.1 Å². The van der Waals surface area contributed by atoms with Crippen molar-refractivity contribution in [3.8, 4) is 23.0 Å². The first-order chi connectivity index (χ1) is 14.5. The lowest BCUT2D eigenvalue weighted by atomic mass is 9.98. The third-order valence-corrected chi connectivity index (χ3v) is 4.53. The smallest absolute Gasteiger partial charge is 0.407 e. The Bertz CT molecular complexity index is 978. The van der Waals surface area contributed by atoms with Crippen LogP contribution in [0.4, 0.5) is 4.79 Å². The highest BCUT2D eigenvalue weighted by Crippen LogP contribution is 2.44. The van der Waals surface area contributed by atoms with Gasteiger partial charge in [-0.05, 0) is 28.2 Å². The fourth-order valence-electron chi connectivity index (χ4n) is 3.18. The molecule has 0 aliphatic heterocycles. The van der Waals surface area contributed by atoms with E-state index >= 15 is 0 Å². The number of carbonyl (C=O) groups is 3. The average Bonchev–Trinajstić information content (AvgIpc) is 3.07. The topological polar surface area (TPSA) is 105 Å². The van der Waals surface area contributed by atoms with Gasteiger partial charge in [-0.15, -0.1) is 0 Å². The number of benzene rings is 2. The maximum Gasteiger partial charge on any atom is 0.407 e. The molecule has 2 amide bonds. The summed E-state index contributed by atoms with van der Waals surface area (Å²) < 4.78 is 5.36. The van der Waals surface area contributed by atoms with Gasteiger partial charge in [-0.25, -0.2) is 14.7 Å². The van der Waals surface area contributed by atoms with Gasteiger partial charge in [0.05, 0.1) is 6.54 Å². The van der Waals surface area contributed by atoms with Crippen molar-refractivity contribution in [2.24, 2.45) is 0 Å². The number of carboxylic acids is 1. The van der Waals surface area contributed by atoms with Crippen molar-refractivity contribution in [3.63, 3.8) is 0 Å². The molecule has 2 N–H and O–H groups in total. The number of hydrogen-bond donors (Lipinski definition) is 2. The van der Waals surface area contributed by atoms with Gasteiger partial charge in [-0.3, -0.25) is 9.63 Å². The normalized spacial score (nSPS) is 11.5. The quantitative estimate of drug-likeness (QED) is 0.560. The zero-order valence-corrected chi connectivity index (χ0v) is 16.3. The van der Waals surface area contributed by atoms with Gasteiger partial charge in [0.15, 0.2) is 6.61 Å². The number of carboxylic acid groups (broad SMARTS) is 1. The lowest BCUT2D eigenvalue weighted by Gasteiger charge is -2.14. The molecule has 8 heteroatoms. The summed E-state index contributed by atoms with van der Waals surface area (Å²) in [7, 11) is 1.25. The highest BCUT2D eigenvalue weighted by molar-refractivity contribution is 5.92. The Morgan fingerprint density at radius 3 is 2.27 bits per heavy atom. The lowest BCUT2D eigenvalue weighted by Crippen LogP contribution is -2.29. The summed E-state index contributed by atoms with van der Waals surface area (Å²) in [4.78, 5) is 38.7. The van der Waals surface area contributed by atoms with Crippen molar-refractivity contribution in [2.45, 2.75) is 5.92 Å². The maximum absolute atomic E-state index is 12.0. The van der Waals surface area contributed by atoms with Crippen LogP contribution in [0.1, 0.15) is 17.0 Å². The van der Waals surface area contributed by atoms with Gasteiger partial charge in [-0.1, -0.05) is 54.5 Å². The SMILES string of the molecule is CN(OCC(=O)O)C(=O)C#CCNC(=O)OCC1c2ccccc2-c2ccccc21. The monoisotopic (exact) mass is 408 g/mol. The van der Waals surface area contributed by atoms with Crippen LogP contribution in [-0.2, 0) is 19.2 Å². The summed E-state index contributed by atoms with van der Waals surface area (Å²) in [5.74, 6) is 2.71. The standard InChI is InChI=1S/C22H20N2O6/c1-24(30-14-21(26)27)20(25)11-6-12-23-22(28)29-13-19-17-9-4-2-7-15(17)16-8-3-5-10-18(16)19/h2-5,7-10,19H,12-14H2,1H3,(H,23,28)(H,26,27). The molecule has 0 saturated carbocycles. The van der Waals surface area contributed by atoms with E-state index in [9.17, 15) is 14.4 Å². The maximum atomic E-state index is 12.0. The van der Waals surface area contributed by atoms with Crippen LogP contribution in [-0.4, -0.2) is 54.9 Å². The van der Waals surface area contributed by atoms with E-state index in [1.54, 1.807) is 0 Å². The molecule has 0 radical (unpaired) electrons. The van der Waals surface area contributed by atoms with Crippen LogP contribution < -0.4 is 5.32 Å². The summed E-state index contributed by atoms with van der Waals surface area (Å²) in [5, 5.41) is 11.7. The molecule has 8 nitrogen and oxygen atoms in total. The van der Waals surface area contributed by atoms with Crippen molar-refractivity contribution in [1.82, 2.24) is 10.4 Å². The summed E-state index contributed by atoms with van der Waals surface area (Å²) in [5.41, 5.74) is 4.50. The number of nitrogens with one attached hydrogen (secondary N) is 1. The van der Waals surface area contributed by atoms with Crippen LogP contribution in [0, 0.1) is 11.8 Å². The molecule has 0 fully saturated rings. The first-order valence-corrected chi connectivity index (χ1v) is 9.17. The third kappa shape index (κ3) is 4.96. The van der Waals surface area contributed by atoms with Crippen LogP contribution in [0.25, 0.3) is 11.1 Å². The number of alkyl carbamates (subject to hydrolysis) is 1. The minimum absolute atomic E-state index is 0.0455. The number of rotatable bonds is 6. The molecular formula is C22H20N2O6. The molecule has 0 heterocycles. The molecule has 30 heavy (non-hydrogen) atoms. The van der Waals surface area contributed by atoms with E-state index in [0.29, 0.717) is 5.06 Å². The van der Waals surface area contributed by atoms with Crippen molar-refractivity contribution >= 4 is 18.0 Å². The van der Waals surface area contributed by atoms with Gasteiger partial charge in [0.1, 0.15) is 6.61 Å². The van der Waals surface area contributed by atoms with Gasteiger partial charge in [0.25, 0.3) is 0 Å². The largest absolute Gasteiger partial charge is 0.479 e. The zero-order chi connectivity index (χ0) is 21.5. The Kier molecular flexibility index (Phi) is 6.67. The number of hydrogen-bond acceptors (Lipinski definition) is 5. The minimum Gasteiger partial charge on any atom is -0.479 e. The fourth-order valence-corrected chi connectivity index (χ4v) is 3.18. The molecule has 0 atom stereocenters. The highest BCUT2D eigenvalue weighted by Gasteiger charge is 2.28. The summed E-state index contributed by atoms with van der Waals surface area (Å²) in [6.07, 6.45) is -0.644. The molecular weight excluding hydrogens is 388 g/mol. The van der Waals surface area contributed by atoms with Crippen LogP contribution in [0.2, 0.25) is 0 Å². The number of carbonyl (C=O) groups excluding carboxylic acids is 2. The Morgan fingerprint density at radius 1 is 1.07 bits per heavy atom. The van der Waals surface area contributed by atoms with Crippen molar-refractivity contribution in [1.29, 1.82) is 0 Å². The van der Waals surface area contributed by atoms with E-state index in [1.165, 1.54) is 7.05 Å². The zero-order valence-electron chi connectivity index (χ0n) is 16.3. The third-order valence-electron chi connectivity index (χ3n) is 4.53. The number of ether oxygens (including phenoxy) is 1. The van der Waals surface area contributed by atoms with Crippen molar-refractivity contribution < 1.29 is 29.1 Å². The molecule has 1 aliphatic rings. The molecule has 0 bridgehead atoms. The summed E-state index contributed by atoms with van der Waals surface area (Å²) >= 11 is 0. The fraction of sp³-hybridized carbons (Fsp3) is 0.227. The number of fused-ring (bicyclic) bond motifs is 3. The number of aliphatic carboxylic acids is 1. The molecule has 3 rings (SSSR count). The second-order valence-corrected chi connectivity index (χ2v) is 6.45. The van der Waals surface area contributed by atoms with Crippen LogP contribution in [0.5, 0.6) is 0 Å². The lowest BCUT2D eigenvalue weighted by molar-refractivity contribution is -0.180. The van der Waals surface area contributed by atoms with Gasteiger partial charge in [0, 0.05) is 13.0 Å². The second-order valence-electron chi connectivity index (χ2n) is 6.45. The predicted molar refractivity (Wildman–Crippen MR) is 107 cm³/mol.